The third-order valence-corrected chi connectivity index (χ3v) is 5.32. The molecule has 128 valence electrons. The van der Waals surface area contributed by atoms with Crippen molar-refractivity contribution in [2.75, 3.05) is 13.2 Å². The number of rotatable bonds is 6. The summed E-state index contributed by atoms with van der Waals surface area (Å²) in [6, 6.07) is 0. The summed E-state index contributed by atoms with van der Waals surface area (Å²) in [6.45, 7) is 3.59. The van der Waals surface area contributed by atoms with Gasteiger partial charge in [-0.2, -0.15) is 0 Å². The quantitative estimate of drug-likeness (QED) is 0.847. The van der Waals surface area contributed by atoms with Crippen LogP contribution in [0.4, 0.5) is 0 Å². The molecule has 23 heavy (non-hydrogen) atoms. The molecule has 2 aliphatic rings. The normalized spacial score (nSPS) is 23.3. The predicted octanol–water partition coefficient (Wildman–Crippen LogP) is 2.76. The molecular weight excluding hydrogens is 290 g/mol. The molecule has 2 aliphatic carbocycles. The van der Waals surface area contributed by atoms with Gasteiger partial charge in [0.1, 0.15) is 0 Å². The number of ether oxygens (including phenoxy) is 1. The topological polar surface area (TPSA) is 67.0 Å². The van der Waals surface area contributed by atoms with E-state index >= 15 is 0 Å². The van der Waals surface area contributed by atoms with Crippen LogP contribution in [0.25, 0.3) is 0 Å². The summed E-state index contributed by atoms with van der Waals surface area (Å²) in [5.74, 6) is 0.241. The van der Waals surface area contributed by atoms with E-state index in [1.165, 1.54) is 19.3 Å². The highest BCUT2D eigenvalue weighted by atomic mass is 16.5. The number of nitrogens with one attached hydrogen (secondary N) is 2. The first-order valence-electron chi connectivity index (χ1n) is 9.15. The lowest BCUT2D eigenvalue weighted by molar-refractivity contribution is -0.128. The standard InChI is InChI=1S/C18H29N3O2/c1-2-10-23-18(8-4-3-5-9-18)12-19-17(22)14-6-7-15-16(11-14)21-13-20-15/h13-14H,2-12H2,1H3,(H,19,22)(H,20,21). The van der Waals surface area contributed by atoms with Crippen molar-refractivity contribution in [1.29, 1.82) is 0 Å². The number of aromatic amines is 1. The molecule has 5 nitrogen and oxygen atoms in total. The molecule has 1 saturated carbocycles. The summed E-state index contributed by atoms with van der Waals surface area (Å²) in [5, 5.41) is 3.20. The Labute approximate surface area is 138 Å². The molecule has 0 spiro atoms. The molecule has 0 radical (unpaired) electrons. The van der Waals surface area contributed by atoms with Crippen LogP contribution in [0.15, 0.2) is 6.33 Å². The van der Waals surface area contributed by atoms with E-state index in [-0.39, 0.29) is 17.4 Å². The molecule has 0 saturated heterocycles. The van der Waals surface area contributed by atoms with E-state index in [0.29, 0.717) is 6.54 Å². The van der Waals surface area contributed by atoms with E-state index < -0.39 is 0 Å². The highest BCUT2D eigenvalue weighted by molar-refractivity contribution is 5.79. The lowest BCUT2D eigenvalue weighted by Crippen LogP contribution is -2.48. The van der Waals surface area contributed by atoms with Crippen LogP contribution >= 0.6 is 0 Å². The van der Waals surface area contributed by atoms with Crippen molar-refractivity contribution >= 4 is 5.91 Å². The molecule has 1 atom stereocenters. The number of carbonyl (C=O) groups excluding carboxylic acids is 1. The Bertz CT molecular complexity index is 520. The Morgan fingerprint density at radius 3 is 3.04 bits per heavy atom. The lowest BCUT2D eigenvalue weighted by Gasteiger charge is -2.38. The van der Waals surface area contributed by atoms with Gasteiger partial charge in [0.25, 0.3) is 0 Å². The van der Waals surface area contributed by atoms with Crippen molar-refractivity contribution in [3.8, 4) is 0 Å². The van der Waals surface area contributed by atoms with Gasteiger partial charge >= 0.3 is 0 Å². The third-order valence-electron chi connectivity index (χ3n) is 5.32. The van der Waals surface area contributed by atoms with Crippen LogP contribution in [0.3, 0.4) is 0 Å². The summed E-state index contributed by atoms with van der Waals surface area (Å²) in [6.07, 6.45) is 11.2. The summed E-state index contributed by atoms with van der Waals surface area (Å²) in [7, 11) is 0. The number of hydrogen-bond acceptors (Lipinski definition) is 3. The number of carbonyl (C=O) groups is 1. The molecule has 0 bridgehead atoms. The summed E-state index contributed by atoms with van der Waals surface area (Å²) in [5.41, 5.74) is 2.13. The zero-order chi connectivity index (χ0) is 16.1. The van der Waals surface area contributed by atoms with Gasteiger partial charge in [-0.05, 0) is 32.1 Å². The zero-order valence-corrected chi connectivity index (χ0v) is 14.2. The van der Waals surface area contributed by atoms with E-state index in [2.05, 4.69) is 22.2 Å². The second-order valence-electron chi connectivity index (χ2n) is 7.08. The van der Waals surface area contributed by atoms with Crippen LogP contribution in [-0.4, -0.2) is 34.6 Å². The second-order valence-corrected chi connectivity index (χ2v) is 7.08. The molecular formula is C18H29N3O2. The van der Waals surface area contributed by atoms with Crippen molar-refractivity contribution < 1.29 is 9.53 Å². The Kier molecular flexibility index (Phi) is 5.36. The van der Waals surface area contributed by atoms with Crippen molar-refractivity contribution in [2.24, 2.45) is 5.92 Å². The van der Waals surface area contributed by atoms with Crippen LogP contribution < -0.4 is 5.32 Å². The van der Waals surface area contributed by atoms with Crippen LogP contribution in [0.1, 0.15) is 63.3 Å². The van der Waals surface area contributed by atoms with Gasteiger partial charge in [0, 0.05) is 31.2 Å². The Hall–Kier alpha value is -1.36. The second kappa shape index (κ2) is 7.47. The van der Waals surface area contributed by atoms with Gasteiger partial charge in [-0.25, -0.2) is 4.98 Å². The number of H-pyrrole nitrogens is 1. The number of imidazole rings is 1. The molecule has 0 aromatic carbocycles. The molecule has 2 N–H and O–H groups in total. The molecule has 1 aromatic heterocycles. The first-order chi connectivity index (χ1) is 11.2. The third kappa shape index (κ3) is 3.94. The number of fused-ring (bicyclic) bond motifs is 1. The lowest BCUT2D eigenvalue weighted by atomic mass is 9.84. The fraction of sp³-hybridized carbons (Fsp3) is 0.778. The smallest absolute Gasteiger partial charge is 0.223 e. The monoisotopic (exact) mass is 319 g/mol. The highest BCUT2D eigenvalue weighted by Crippen LogP contribution is 2.31. The van der Waals surface area contributed by atoms with E-state index in [0.717, 1.165) is 56.5 Å². The summed E-state index contributed by atoms with van der Waals surface area (Å²) < 4.78 is 6.17. The maximum absolute atomic E-state index is 12.6. The fourth-order valence-corrected chi connectivity index (χ4v) is 3.90. The van der Waals surface area contributed by atoms with Crippen molar-refractivity contribution in [1.82, 2.24) is 15.3 Å². The molecule has 1 heterocycles. The molecule has 0 aliphatic heterocycles. The Morgan fingerprint density at radius 1 is 1.43 bits per heavy atom. The number of hydrogen-bond donors (Lipinski definition) is 2. The van der Waals surface area contributed by atoms with Gasteiger partial charge in [0.15, 0.2) is 0 Å². The van der Waals surface area contributed by atoms with Gasteiger partial charge in [-0.15, -0.1) is 0 Å². The van der Waals surface area contributed by atoms with Crippen molar-refractivity contribution in [3.63, 3.8) is 0 Å². The van der Waals surface area contributed by atoms with Crippen LogP contribution in [-0.2, 0) is 22.4 Å². The molecule has 5 heteroatoms. The molecule has 3 rings (SSSR count). The minimum atomic E-state index is -0.127. The summed E-state index contributed by atoms with van der Waals surface area (Å²) in [4.78, 5) is 20.1. The van der Waals surface area contributed by atoms with Gasteiger partial charge in [0.05, 0.1) is 17.6 Å². The maximum Gasteiger partial charge on any atom is 0.223 e. The van der Waals surface area contributed by atoms with Crippen LogP contribution in [0, 0.1) is 5.92 Å². The minimum absolute atomic E-state index is 0.0646. The van der Waals surface area contributed by atoms with Crippen LogP contribution in [0.2, 0.25) is 0 Å². The van der Waals surface area contributed by atoms with Gasteiger partial charge in [0.2, 0.25) is 5.91 Å². The minimum Gasteiger partial charge on any atom is -0.373 e. The number of aromatic nitrogens is 2. The maximum atomic E-state index is 12.6. The van der Waals surface area contributed by atoms with E-state index in [9.17, 15) is 4.79 Å². The van der Waals surface area contributed by atoms with Gasteiger partial charge in [-0.3, -0.25) is 4.79 Å². The molecule has 1 aromatic rings. The number of amides is 1. The number of aryl methyl sites for hydroxylation is 1. The predicted molar refractivity (Wildman–Crippen MR) is 89.2 cm³/mol. The first kappa shape index (κ1) is 16.5. The van der Waals surface area contributed by atoms with E-state index in [1.54, 1.807) is 6.33 Å². The molecule has 1 amide bonds. The SMILES string of the molecule is CCCOC1(CNC(=O)C2CCc3nc[nH]c3C2)CCCCC1. The van der Waals surface area contributed by atoms with Crippen molar-refractivity contribution in [3.05, 3.63) is 17.7 Å². The zero-order valence-electron chi connectivity index (χ0n) is 14.2. The summed E-state index contributed by atoms with van der Waals surface area (Å²) >= 11 is 0. The largest absolute Gasteiger partial charge is 0.373 e. The number of nitrogens with zero attached hydrogens (tertiary/aromatic N) is 1. The molecule has 1 fully saturated rings. The Morgan fingerprint density at radius 2 is 2.26 bits per heavy atom. The fourth-order valence-electron chi connectivity index (χ4n) is 3.90. The Balaban J connectivity index is 1.54. The van der Waals surface area contributed by atoms with Gasteiger partial charge < -0.3 is 15.0 Å². The van der Waals surface area contributed by atoms with E-state index in [4.69, 9.17) is 4.74 Å². The van der Waals surface area contributed by atoms with Gasteiger partial charge in [-0.1, -0.05) is 26.2 Å². The molecule has 1 unspecified atom stereocenters. The van der Waals surface area contributed by atoms with Crippen molar-refractivity contribution in [2.45, 2.75) is 70.3 Å². The average Bonchev–Trinajstić information content (AvgIpc) is 3.06. The highest BCUT2D eigenvalue weighted by Gasteiger charge is 2.34. The van der Waals surface area contributed by atoms with E-state index in [1.807, 2.05) is 0 Å². The average molecular weight is 319 g/mol. The first-order valence-corrected chi connectivity index (χ1v) is 9.15. The van der Waals surface area contributed by atoms with Crippen LogP contribution in [0.5, 0.6) is 0 Å².